The van der Waals surface area contributed by atoms with Crippen molar-refractivity contribution in [2.75, 3.05) is 6.54 Å². The van der Waals surface area contributed by atoms with E-state index in [9.17, 15) is 5.11 Å². The minimum absolute atomic E-state index is 0.102. The third-order valence-electron chi connectivity index (χ3n) is 3.77. The molecule has 2 nitrogen and oxygen atoms in total. The van der Waals surface area contributed by atoms with Crippen LogP contribution in [0, 0.1) is 12.8 Å². The molecule has 0 saturated heterocycles. The molecule has 0 aliphatic heterocycles. The normalized spacial score (nSPS) is 20.2. The van der Waals surface area contributed by atoms with Crippen molar-refractivity contribution in [3.8, 4) is 0 Å². The Morgan fingerprint density at radius 3 is 2.69 bits per heavy atom. The molecule has 0 aromatic heterocycles. The highest BCUT2D eigenvalue weighted by atomic mass is 16.3. The second kappa shape index (κ2) is 4.98. The van der Waals surface area contributed by atoms with Gasteiger partial charge in [-0.05, 0) is 31.2 Å². The van der Waals surface area contributed by atoms with Crippen molar-refractivity contribution in [2.24, 2.45) is 11.7 Å². The molecule has 1 aromatic rings. The van der Waals surface area contributed by atoms with Crippen molar-refractivity contribution in [1.29, 1.82) is 0 Å². The van der Waals surface area contributed by atoms with Gasteiger partial charge in [0.2, 0.25) is 0 Å². The molecule has 1 aliphatic carbocycles. The summed E-state index contributed by atoms with van der Waals surface area (Å²) in [5.41, 5.74) is 8.23. The van der Waals surface area contributed by atoms with E-state index in [4.69, 9.17) is 5.73 Å². The van der Waals surface area contributed by atoms with E-state index in [-0.39, 0.29) is 12.0 Å². The number of rotatable bonds is 4. The van der Waals surface area contributed by atoms with E-state index in [0.717, 1.165) is 12.8 Å². The average molecular weight is 219 g/mol. The molecule has 3 N–H and O–H groups in total. The molecule has 1 fully saturated rings. The second-order valence-electron chi connectivity index (χ2n) is 4.94. The van der Waals surface area contributed by atoms with Crippen molar-refractivity contribution >= 4 is 0 Å². The van der Waals surface area contributed by atoms with Crippen molar-refractivity contribution in [1.82, 2.24) is 0 Å². The van der Waals surface area contributed by atoms with Crippen LogP contribution in [-0.4, -0.2) is 17.8 Å². The topological polar surface area (TPSA) is 46.2 Å². The van der Waals surface area contributed by atoms with E-state index in [2.05, 4.69) is 25.1 Å². The molecule has 16 heavy (non-hydrogen) atoms. The zero-order valence-corrected chi connectivity index (χ0v) is 9.89. The third-order valence-corrected chi connectivity index (χ3v) is 3.77. The fourth-order valence-corrected chi connectivity index (χ4v) is 2.48. The van der Waals surface area contributed by atoms with Crippen LogP contribution in [0.4, 0.5) is 0 Å². The molecule has 0 bridgehead atoms. The van der Waals surface area contributed by atoms with Gasteiger partial charge in [0.05, 0.1) is 6.10 Å². The van der Waals surface area contributed by atoms with E-state index in [1.54, 1.807) is 0 Å². The summed E-state index contributed by atoms with van der Waals surface area (Å²) in [5, 5.41) is 10.3. The van der Waals surface area contributed by atoms with Gasteiger partial charge in [-0.1, -0.05) is 36.2 Å². The fourth-order valence-electron chi connectivity index (χ4n) is 2.48. The molecular weight excluding hydrogens is 198 g/mol. The SMILES string of the molecule is Cc1cccc(C(CN)C(O)C2CCC2)c1. The summed E-state index contributed by atoms with van der Waals surface area (Å²) in [5.74, 6) is 0.569. The molecule has 2 rings (SSSR count). The van der Waals surface area contributed by atoms with Gasteiger partial charge in [-0.2, -0.15) is 0 Å². The predicted molar refractivity (Wildman–Crippen MR) is 66.3 cm³/mol. The van der Waals surface area contributed by atoms with Gasteiger partial charge in [0.25, 0.3) is 0 Å². The first kappa shape index (κ1) is 11.6. The Kier molecular flexibility index (Phi) is 3.62. The van der Waals surface area contributed by atoms with E-state index >= 15 is 0 Å². The van der Waals surface area contributed by atoms with Crippen LogP contribution >= 0.6 is 0 Å². The molecule has 0 amide bonds. The van der Waals surface area contributed by atoms with Gasteiger partial charge in [0.15, 0.2) is 0 Å². The van der Waals surface area contributed by atoms with Crippen molar-refractivity contribution in [3.63, 3.8) is 0 Å². The minimum atomic E-state index is -0.263. The number of nitrogens with two attached hydrogens (primary N) is 1. The molecule has 1 aromatic carbocycles. The van der Waals surface area contributed by atoms with Crippen LogP contribution < -0.4 is 5.73 Å². The maximum Gasteiger partial charge on any atom is 0.0648 e. The molecule has 0 spiro atoms. The average Bonchev–Trinajstić information content (AvgIpc) is 2.16. The molecule has 1 saturated carbocycles. The first-order chi connectivity index (χ1) is 7.72. The lowest BCUT2D eigenvalue weighted by molar-refractivity contribution is 0.0420. The smallest absolute Gasteiger partial charge is 0.0648 e. The Bertz CT molecular complexity index is 346. The predicted octanol–water partition coefficient (Wildman–Crippen LogP) is 2.20. The quantitative estimate of drug-likeness (QED) is 0.815. The van der Waals surface area contributed by atoms with Crippen molar-refractivity contribution in [2.45, 2.75) is 38.2 Å². The number of hydrogen-bond donors (Lipinski definition) is 2. The summed E-state index contributed by atoms with van der Waals surface area (Å²) in [6, 6.07) is 8.33. The Labute approximate surface area is 97.5 Å². The fraction of sp³-hybridized carbons (Fsp3) is 0.571. The second-order valence-corrected chi connectivity index (χ2v) is 4.94. The largest absolute Gasteiger partial charge is 0.392 e. The first-order valence-electron chi connectivity index (χ1n) is 6.17. The molecular formula is C14H21NO. The van der Waals surface area contributed by atoms with Crippen molar-refractivity contribution in [3.05, 3.63) is 35.4 Å². The van der Waals surface area contributed by atoms with E-state index < -0.39 is 0 Å². The lowest BCUT2D eigenvalue weighted by Gasteiger charge is -2.35. The van der Waals surface area contributed by atoms with Gasteiger partial charge in [-0.25, -0.2) is 0 Å². The molecule has 2 heteroatoms. The van der Waals surface area contributed by atoms with E-state index in [1.165, 1.54) is 17.5 Å². The monoisotopic (exact) mass is 219 g/mol. The number of benzene rings is 1. The lowest BCUT2D eigenvalue weighted by atomic mass is 9.75. The number of aryl methyl sites for hydroxylation is 1. The maximum absolute atomic E-state index is 10.3. The molecule has 2 unspecified atom stereocenters. The van der Waals surface area contributed by atoms with Crippen LogP contribution in [0.2, 0.25) is 0 Å². The zero-order valence-electron chi connectivity index (χ0n) is 9.89. The lowest BCUT2D eigenvalue weighted by Crippen LogP contribution is -2.35. The Morgan fingerprint density at radius 1 is 1.44 bits per heavy atom. The molecule has 0 radical (unpaired) electrons. The molecule has 88 valence electrons. The van der Waals surface area contributed by atoms with Gasteiger partial charge in [-0.15, -0.1) is 0 Å². The Balaban J connectivity index is 2.14. The van der Waals surface area contributed by atoms with Gasteiger partial charge in [-0.3, -0.25) is 0 Å². The highest BCUT2D eigenvalue weighted by Gasteiger charge is 2.31. The summed E-state index contributed by atoms with van der Waals surface area (Å²) >= 11 is 0. The van der Waals surface area contributed by atoms with Gasteiger partial charge in [0.1, 0.15) is 0 Å². The Hall–Kier alpha value is -0.860. The number of aliphatic hydroxyl groups is 1. The van der Waals surface area contributed by atoms with E-state index in [0.29, 0.717) is 12.5 Å². The van der Waals surface area contributed by atoms with Gasteiger partial charge < -0.3 is 10.8 Å². The van der Waals surface area contributed by atoms with Crippen LogP contribution in [0.5, 0.6) is 0 Å². The van der Waals surface area contributed by atoms with Gasteiger partial charge >= 0.3 is 0 Å². The third kappa shape index (κ3) is 2.28. The van der Waals surface area contributed by atoms with E-state index in [1.807, 2.05) is 6.07 Å². The van der Waals surface area contributed by atoms with Crippen LogP contribution in [0.25, 0.3) is 0 Å². The highest BCUT2D eigenvalue weighted by Crippen LogP contribution is 2.35. The van der Waals surface area contributed by atoms with Crippen molar-refractivity contribution < 1.29 is 5.11 Å². The maximum atomic E-state index is 10.3. The molecule has 1 aliphatic rings. The summed E-state index contributed by atoms with van der Waals surface area (Å²) in [7, 11) is 0. The standard InChI is InChI=1S/C14H21NO/c1-10-4-2-7-12(8-10)13(9-15)14(16)11-5-3-6-11/h2,4,7-8,11,13-14,16H,3,5-6,9,15H2,1H3. The Morgan fingerprint density at radius 2 is 2.19 bits per heavy atom. The zero-order chi connectivity index (χ0) is 11.5. The number of aliphatic hydroxyl groups excluding tert-OH is 1. The summed E-state index contributed by atoms with van der Waals surface area (Å²) in [6.07, 6.45) is 3.31. The molecule has 0 heterocycles. The van der Waals surface area contributed by atoms with Crippen LogP contribution in [-0.2, 0) is 0 Å². The summed E-state index contributed by atoms with van der Waals surface area (Å²) < 4.78 is 0. The minimum Gasteiger partial charge on any atom is -0.392 e. The van der Waals surface area contributed by atoms with Crippen LogP contribution in [0.3, 0.4) is 0 Å². The number of hydrogen-bond acceptors (Lipinski definition) is 2. The highest BCUT2D eigenvalue weighted by molar-refractivity contribution is 5.27. The summed E-state index contributed by atoms with van der Waals surface area (Å²) in [4.78, 5) is 0. The molecule has 2 atom stereocenters. The first-order valence-corrected chi connectivity index (χ1v) is 6.17. The van der Waals surface area contributed by atoms with Crippen LogP contribution in [0.15, 0.2) is 24.3 Å². The van der Waals surface area contributed by atoms with Gasteiger partial charge in [0, 0.05) is 12.5 Å². The summed E-state index contributed by atoms with van der Waals surface area (Å²) in [6.45, 7) is 2.61. The van der Waals surface area contributed by atoms with Crippen LogP contribution in [0.1, 0.15) is 36.3 Å².